The molecule has 6 nitrogen and oxygen atoms in total. The van der Waals surface area contributed by atoms with E-state index in [1.54, 1.807) is 24.3 Å². The summed E-state index contributed by atoms with van der Waals surface area (Å²) in [5.74, 6) is 0.623. The summed E-state index contributed by atoms with van der Waals surface area (Å²) in [7, 11) is 5.81. The Kier molecular flexibility index (Phi) is 3.89. The van der Waals surface area contributed by atoms with E-state index < -0.39 is 0 Å². The van der Waals surface area contributed by atoms with E-state index in [-0.39, 0.29) is 45.3 Å². The van der Waals surface area contributed by atoms with Gasteiger partial charge < -0.3 is 18.9 Å². The molecule has 6 heteroatoms. The van der Waals surface area contributed by atoms with Crippen LogP contribution in [0.2, 0.25) is 0 Å². The van der Waals surface area contributed by atoms with Gasteiger partial charge in [-0.15, -0.1) is 0 Å². The number of carbonyl (C=O) groups excluding carboxylic acids is 2. The van der Waals surface area contributed by atoms with E-state index in [0.29, 0.717) is 11.5 Å². The topological polar surface area (TPSA) is 71.1 Å². The number of hydrogen-bond donors (Lipinski definition) is 0. The van der Waals surface area contributed by atoms with Gasteiger partial charge in [0.15, 0.2) is 34.6 Å². The third-order valence-electron chi connectivity index (χ3n) is 4.03. The maximum absolute atomic E-state index is 13.0. The molecular weight excluding hydrogens is 312 g/mol. The molecule has 2 aromatic carbocycles. The number of benzene rings is 2. The first-order valence-corrected chi connectivity index (χ1v) is 7.18. The normalized spacial score (nSPS) is 12.3. The molecule has 0 bridgehead atoms. The lowest BCUT2D eigenvalue weighted by molar-refractivity contribution is 0.0973. The Bertz CT molecular complexity index is 782. The number of carbonyl (C=O) groups is 2. The first-order valence-electron chi connectivity index (χ1n) is 7.18. The quantitative estimate of drug-likeness (QED) is 0.733. The maximum Gasteiger partial charge on any atom is 0.198 e. The van der Waals surface area contributed by atoms with E-state index in [4.69, 9.17) is 18.9 Å². The Hall–Kier alpha value is -3.02. The van der Waals surface area contributed by atoms with Crippen molar-refractivity contribution >= 4 is 11.6 Å². The Morgan fingerprint density at radius 2 is 0.958 bits per heavy atom. The van der Waals surface area contributed by atoms with Gasteiger partial charge in [-0.2, -0.15) is 0 Å². The highest BCUT2D eigenvalue weighted by Crippen LogP contribution is 2.43. The molecule has 0 saturated carbocycles. The van der Waals surface area contributed by atoms with Crippen molar-refractivity contribution in [2.75, 3.05) is 28.4 Å². The van der Waals surface area contributed by atoms with Crippen LogP contribution in [-0.4, -0.2) is 40.0 Å². The molecular formula is C18H16O6. The summed E-state index contributed by atoms with van der Waals surface area (Å²) in [5.41, 5.74) is 0.886. The summed E-state index contributed by atoms with van der Waals surface area (Å²) >= 11 is 0. The van der Waals surface area contributed by atoms with Gasteiger partial charge in [-0.1, -0.05) is 0 Å². The lowest BCUT2D eigenvalue weighted by atomic mass is 9.82. The molecule has 24 heavy (non-hydrogen) atoms. The van der Waals surface area contributed by atoms with E-state index >= 15 is 0 Å². The first kappa shape index (κ1) is 15.9. The Morgan fingerprint density at radius 1 is 0.583 bits per heavy atom. The van der Waals surface area contributed by atoms with Crippen LogP contribution in [0.4, 0.5) is 0 Å². The SMILES string of the molecule is COc1ccc2c(c1OC)C(=O)c1ccc(OC)c(OC)c1C2=O. The number of fused-ring (bicyclic) bond motifs is 2. The van der Waals surface area contributed by atoms with Crippen LogP contribution in [-0.2, 0) is 0 Å². The summed E-state index contributed by atoms with van der Waals surface area (Å²) < 4.78 is 21.1. The zero-order valence-corrected chi connectivity index (χ0v) is 13.8. The van der Waals surface area contributed by atoms with E-state index in [1.807, 2.05) is 0 Å². The number of ketones is 2. The van der Waals surface area contributed by atoms with E-state index in [0.717, 1.165) is 0 Å². The van der Waals surface area contributed by atoms with Gasteiger partial charge in [0.25, 0.3) is 0 Å². The van der Waals surface area contributed by atoms with Crippen LogP contribution >= 0.6 is 0 Å². The molecule has 0 radical (unpaired) electrons. The highest BCUT2D eigenvalue weighted by Gasteiger charge is 2.37. The zero-order valence-electron chi connectivity index (χ0n) is 13.8. The fourth-order valence-corrected chi connectivity index (χ4v) is 2.95. The van der Waals surface area contributed by atoms with Crippen molar-refractivity contribution in [1.29, 1.82) is 0 Å². The van der Waals surface area contributed by atoms with Gasteiger partial charge in [-0.25, -0.2) is 0 Å². The van der Waals surface area contributed by atoms with E-state index in [1.165, 1.54) is 28.4 Å². The molecule has 0 N–H and O–H groups in total. The monoisotopic (exact) mass is 328 g/mol. The second-order valence-electron chi connectivity index (χ2n) is 5.11. The van der Waals surface area contributed by atoms with Crippen molar-refractivity contribution in [1.82, 2.24) is 0 Å². The second-order valence-corrected chi connectivity index (χ2v) is 5.11. The van der Waals surface area contributed by atoms with Gasteiger partial charge in [0.2, 0.25) is 0 Å². The van der Waals surface area contributed by atoms with Crippen LogP contribution in [0.25, 0.3) is 0 Å². The number of methoxy groups -OCH3 is 4. The third-order valence-corrected chi connectivity index (χ3v) is 4.03. The van der Waals surface area contributed by atoms with Crippen molar-refractivity contribution in [3.05, 3.63) is 46.5 Å². The summed E-state index contributed by atoms with van der Waals surface area (Å²) in [5, 5.41) is 0. The lowest BCUT2D eigenvalue weighted by Gasteiger charge is -2.23. The summed E-state index contributed by atoms with van der Waals surface area (Å²) in [6, 6.07) is 6.30. The van der Waals surface area contributed by atoms with Crippen molar-refractivity contribution in [3.63, 3.8) is 0 Å². The largest absolute Gasteiger partial charge is 0.493 e. The highest BCUT2D eigenvalue weighted by molar-refractivity contribution is 6.30. The molecule has 0 unspecified atom stereocenters. The molecule has 0 saturated heterocycles. The predicted molar refractivity (Wildman–Crippen MR) is 86.0 cm³/mol. The van der Waals surface area contributed by atoms with Gasteiger partial charge in [0.1, 0.15) is 0 Å². The van der Waals surface area contributed by atoms with Crippen LogP contribution in [0.1, 0.15) is 31.8 Å². The minimum Gasteiger partial charge on any atom is -0.493 e. The molecule has 0 amide bonds. The number of hydrogen-bond acceptors (Lipinski definition) is 6. The van der Waals surface area contributed by atoms with Crippen LogP contribution in [0.5, 0.6) is 23.0 Å². The van der Waals surface area contributed by atoms with Crippen LogP contribution in [0, 0.1) is 0 Å². The smallest absolute Gasteiger partial charge is 0.198 e. The first-order chi connectivity index (χ1) is 11.6. The molecule has 0 spiro atoms. The molecule has 1 aliphatic carbocycles. The molecule has 0 aromatic heterocycles. The molecule has 0 heterocycles. The van der Waals surface area contributed by atoms with E-state index in [2.05, 4.69) is 0 Å². The van der Waals surface area contributed by atoms with E-state index in [9.17, 15) is 9.59 Å². The van der Waals surface area contributed by atoms with Crippen molar-refractivity contribution in [2.45, 2.75) is 0 Å². The Morgan fingerprint density at radius 3 is 1.25 bits per heavy atom. The van der Waals surface area contributed by atoms with Gasteiger partial charge in [0, 0.05) is 11.1 Å². The standard InChI is InChI=1S/C18H16O6/c1-21-11-7-5-9-13(17(11)23-3)15(19)10-6-8-12(22-2)18(24-4)14(10)16(9)20/h5-8H,1-4H3. The van der Waals surface area contributed by atoms with Crippen LogP contribution in [0.3, 0.4) is 0 Å². The van der Waals surface area contributed by atoms with Crippen molar-refractivity contribution < 1.29 is 28.5 Å². The molecule has 124 valence electrons. The molecule has 2 aromatic rings. The van der Waals surface area contributed by atoms with Crippen molar-refractivity contribution in [2.24, 2.45) is 0 Å². The average Bonchev–Trinajstić information content (AvgIpc) is 2.63. The third kappa shape index (κ3) is 2.03. The molecule has 1 aliphatic rings. The fraction of sp³-hybridized carbons (Fsp3) is 0.222. The molecule has 0 fully saturated rings. The van der Waals surface area contributed by atoms with Crippen LogP contribution in [0.15, 0.2) is 24.3 Å². The number of ether oxygens (including phenoxy) is 4. The number of rotatable bonds is 4. The van der Waals surface area contributed by atoms with Crippen molar-refractivity contribution in [3.8, 4) is 23.0 Å². The predicted octanol–water partition coefficient (Wildman–Crippen LogP) is 2.50. The summed E-state index contributed by atoms with van der Waals surface area (Å²) in [4.78, 5) is 26.0. The molecule has 0 aliphatic heterocycles. The summed E-state index contributed by atoms with van der Waals surface area (Å²) in [6.07, 6.45) is 0. The Labute approximate surface area is 138 Å². The minimum atomic E-state index is -0.323. The fourth-order valence-electron chi connectivity index (χ4n) is 2.95. The van der Waals surface area contributed by atoms with Gasteiger partial charge >= 0.3 is 0 Å². The second kappa shape index (κ2) is 5.88. The highest BCUT2D eigenvalue weighted by atomic mass is 16.5. The molecule has 0 atom stereocenters. The maximum atomic E-state index is 13.0. The average molecular weight is 328 g/mol. The Balaban J connectivity index is 2.33. The van der Waals surface area contributed by atoms with Crippen LogP contribution < -0.4 is 18.9 Å². The summed E-state index contributed by atoms with van der Waals surface area (Å²) in [6.45, 7) is 0. The minimum absolute atomic E-state index is 0.196. The molecule has 3 rings (SSSR count). The zero-order chi connectivity index (χ0) is 17.4. The van der Waals surface area contributed by atoms with Gasteiger partial charge in [-0.3, -0.25) is 9.59 Å². The lowest BCUT2D eigenvalue weighted by Crippen LogP contribution is -2.23. The van der Waals surface area contributed by atoms with Gasteiger partial charge in [-0.05, 0) is 24.3 Å². The van der Waals surface area contributed by atoms with Gasteiger partial charge in [0.05, 0.1) is 39.6 Å².